The van der Waals surface area contributed by atoms with Gasteiger partial charge in [0.05, 0.1) is 6.61 Å². The fraction of sp³-hybridized carbons (Fsp3) is 0.381. The van der Waals surface area contributed by atoms with Crippen LogP contribution in [0.25, 0.3) is 0 Å². The molecule has 136 valence electrons. The number of thioether (sulfide) groups is 1. The van der Waals surface area contributed by atoms with E-state index in [-0.39, 0.29) is 5.78 Å². The van der Waals surface area contributed by atoms with E-state index >= 15 is 0 Å². The van der Waals surface area contributed by atoms with E-state index in [1.54, 1.807) is 11.8 Å². The molecule has 1 saturated heterocycles. The molecule has 2 heterocycles. The number of likely N-dealkylation sites (tertiary alicyclic amines) is 1. The SMILES string of the molecule is O=C(CCN1CCC(c2ccc(Cl)cc2)C1)c1ccc2c(c1)OCCS2. The predicted molar refractivity (Wildman–Crippen MR) is 107 cm³/mol. The molecule has 4 rings (SSSR count). The first-order valence-electron chi connectivity index (χ1n) is 9.10. The number of halogens is 1. The molecule has 0 bridgehead atoms. The van der Waals surface area contributed by atoms with Gasteiger partial charge < -0.3 is 9.64 Å². The Kier molecular flexibility index (Phi) is 5.53. The van der Waals surface area contributed by atoms with Gasteiger partial charge in [-0.05, 0) is 48.7 Å². The summed E-state index contributed by atoms with van der Waals surface area (Å²) in [5.41, 5.74) is 2.10. The molecule has 0 aromatic heterocycles. The summed E-state index contributed by atoms with van der Waals surface area (Å²) in [6.45, 7) is 3.59. The molecule has 0 N–H and O–H groups in total. The Morgan fingerprint density at radius 2 is 2.08 bits per heavy atom. The molecule has 0 amide bonds. The van der Waals surface area contributed by atoms with Crippen LogP contribution < -0.4 is 4.74 Å². The van der Waals surface area contributed by atoms with E-state index in [4.69, 9.17) is 16.3 Å². The largest absolute Gasteiger partial charge is 0.492 e. The second kappa shape index (κ2) is 8.03. The highest BCUT2D eigenvalue weighted by atomic mass is 35.5. The quantitative estimate of drug-likeness (QED) is 0.683. The zero-order chi connectivity index (χ0) is 17.9. The zero-order valence-electron chi connectivity index (χ0n) is 14.6. The lowest BCUT2D eigenvalue weighted by Crippen LogP contribution is -2.23. The van der Waals surface area contributed by atoms with Crippen molar-refractivity contribution in [3.05, 3.63) is 58.6 Å². The van der Waals surface area contributed by atoms with E-state index < -0.39 is 0 Å². The van der Waals surface area contributed by atoms with E-state index in [0.29, 0.717) is 12.3 Å². The van der Waals surface area contributed by atoms with Gasteiger partial charge in [0, 0.05) is 40.7 Å². The van der Waals surface area contributed by atoms with Crippen molar-refractivity contribution in [1.29, 1.82) is 0 Å². The van der Waals surface area contributed by atoms with Crippen LogP contribution in [0.5, 0.6) is 5.75 Å². The van der Waals surface area contributed by atoms with Crippen molar-refractivity contribution in [3.63, 3.8) is 0 Å². The van der Waals surface area contributed by atoms with Crippen LogP contribution in [0.1, 0.15) is 34.7 Å². The van der Waals surface area contributed by atoms with Gasteiger partial charge in [-0.2, -0.15) is 0 Å². The Morgan fingerprint density at radius 3 is 2.92 bits per heavy atom. The number of hydrogen-bond donors (Lipinski definition) is 0. The molecule has 0 spiro atoms. The summed E-state index contributed by atoms with van der Waals surface area (Å²) in [5, 5.41) is 0.779. The summed E-state index contributed by atoms with van der Waals surface area (Å²) >= 11 is 7.77. The minimum Gasteiger partial charge on any atom is -0.492 e. The zero-order valence-corrected chi connectivity index (χ0v) is 16.2. The van der Waals surface area contributed by atoms with Crippen molar-refractivity contribution in [2.45, 2.75) is 23.7 Å². The second-order valence-electron chi connectivity index (χ2n) is 6.87. The van der Waals surface area contributed by atoms with Gasteiger partial charge in [-0.15, -0.1) is 11.8 Å². The Hall–Kier alpha value is -1.49. The molecule has 2 aliphatic heterocycles. The lowest BCUT2D eigenvalue weighted by Gasteiger charge is -2.18. The van der Waals surface area contributed by atoms with Crippen molar-refractivity contribution in [2.75, 3.05) is 32.0 Å². The number of carbonyl (C=O) groups excluding carboxylic acids is 1. The van der Waals surface area contributed by atoms with Gasteiger partial charge in [-0.3, -0.25) is 4.79 Å². The average Bonchev–Trinajstić information content (AvgIpc) is 3.15. The van der Waals surface area contributed by atoms with Gasteiger partial charge >= 0.3 is 0 Å². The Bertz CT molecular complexity index is 793. The van der Waals surface area contributed by atoms with Gasteiger partial charge in [-0.25, -0.2) is 0 Å². The molecule has 2 aliphatic rings. The van der Waals surface area contributed by atoms with Gasteiger partial charge in [-0.1, -0.05) is 29.8 Å². The van der Waals surface area contributed by atoms with Crippen molar-refractivity contribution >= 4 is 29.1 Å². The summed E-state index contributed by atoms with van der Waals surface area (Å²) in [4.78, 5) is 16.1. The molecular weight excluding hydrogens is 366 g/mol. The molecular formula is C21H22ClNO2S. The fourth-order valence-corrected chi connectivity index (χ4v) is 4.60. The van der Waals surface area contributed by atoms with Gasteiger partial charge in [0.1, 0.15) is 5.75 Å². The van der Waals surface area contributed by atoms with Crippen molar-refractivity contribution in [2.24, 2.45) is 0 Å². The van der Waals surface area contributed by atoms with E-state index in [1.165, 1.54) is 5.56 Å². The normalized spacial score (nSPS) is 19.8. The Morgan fingerprint density at radius 1 is 1.23 bits per heavy atom. The van der Waals surface area contributed by atoms with Crippen molar-refractivity contribution in [1.82, 2.24) is 4.90 Å². The Labute approximate surface area is 163 Å². The highest BCUT2D eigenvalue weighted by Crippen LogP contribution is 2.34. The third-order valence-electron chi connectivity index (χ3n) is 5.13. The Balaban J connectivity index is 1.31. The molecule has 26 heavy (non-hydrogen) atoms. The molecule has 2 aromatic carbocycles. The number of ether oxygens (including phenoxy) is 1. The topological polar surface area (TPSA) is 29.5 Å². The molecule has 0 aliphatic carbocycles. The summed E-state index contributed by atoms with van der Waals surface area (Å²) in [6.07, 6.45) is 1.69. The van der Waals surface area contributed by atoms with Crippen LogP contribution >= 0.6 is 23.4 Å². The number of benzene rings is 2. The van der Waals surface area contributed by atoms with Gasteiger partial charge in [0.15, 0.2) is 5.78 Å². The second-order valence-corrected chi connectivity index (χ2v) is 8.44. The molecule has 1 unspecified atom stereocenters. The smallest absolute Gasteiger partial charge is 0.164 e. The highest BCUT2D eigenvalue weighted by Gasteiger charge is 2.24. The number of ketones is 1. The number of carbonyl (C=O) groups is 1. The van der Waals surface area contributed by atoms with Crippen LogP contribution in [-0.2, 0) is 0 Å². The van der Waals surface area contributed by atoms with Crippen LogP contribution in [0.15, 0.2) is 47.4 Å². The van der Waals surface area contributed by atoms with Crippen LogP contribution in [0.2, 0.25) is 5.02 Å². The summed E-state index contributed by atoms with van der Waals surface area (Å²) in [5.74, 6) is 2.57. The summed E-state index contributed by atoms with van der Waals surface area (Å²) < 4.78 is 5.67. The molecule has 0 radical (unpaired) electrons. The molecule has 0 saturated carbocycles. The first-order valence-corrected chi connectivity index (χ1v) is 10.5. The highest BCUT2D eigenvalue weighted by molar-refractivity contribution is 7.99. The third kappa shape index (κ3) is 4.08. The maximum atomic E-state index is 12.6. The number of fused-ring (bicyclic) bond motifs is 1. The van der Waals surface area contributed by atoms with Crippen LogP contribution in [0.3, 0.4) is 0 Å². The first-order chi connectivity index (χ1) is 12.7. The maximum absolute atomic E-state index is 12.6. The van der Waals surface area contributed by atoms with E-state index in [9.17, 15) is 4.79 Å². The molecule has 1 atom stereocenters. The number of nitrogens with zero attached hydrogens (tertiary/aromatic N) is 1. The lowest BCUT2D eigenvalue weighted by molar-refractivity contribution is 0.0968. The third-order valence-corrected chi connectivity index (χ3v) is 6.40. The number of hydrogen-bond acceptors (Lipinski definition) is 4. The number of rotatable bonds is 5. The molecule has 1 fully saturated rings. The maximum Gasteiger partial charge on any atom is 0.164 e. The lowest BCUT2D eigenvalue weighted by atomic mass is 9.99. The van der Waals surface area contributed by atoms with Crippen molar-refractivity contribution in [3.8, 4) is 5.75 Å². The van der Waals surface area contributed by atoms with E-state index in [0.717, 1.165) is 59.6 Å². The number of Topliss-reactive ketones (excluding diaryl/α,β-unsaturated/α-hetero) is 1. The van der Waals surface area contributed by atoms with Crippen molar-refractivity contribution < 1.29 is 9.53 Å². The first kappa shape index (κ1) is 17.9. The predicted octanol–water partition coefficient (Wildman–Crippen LogP) is 4.89. The van der Waals surface area contributed by atoms with E-state index in [1.807, 2.05) is 30.3 Å². The summed E-state index contributed by atoms with van der Waals surface area (Å²) in [7, 11) is 0. The molecule has 3 nitrogen and oxygen atoms in total. The average molecular weight is 388 g/mol. The standard InChI is InChI=1S/C21H22ClNO2S/c22-18-4-1-15(2-5-18)17-7-9-23(14-17)10-8-19(24)16-3-6-21-20(13-16)25-11-12-26-21/h1-6,13,17H,7-12,14H2. The van der Waals surface area contributed by atoms with Crippen LogP contribution in [-0.4, -0.2) is 42.7 Å². The molecule has 2 aromatic rings. The van der Waals surface area contributed by atoms with Gasteiger partial charge in [0.25, 0.3) is 0 Å². The van der Waals surface area contributed by atoms with Crippen LogP contribution in [0, 0.1) is 0 Å². The van der Waals surface area contributed by atoms with Gasteiger partial charge in [0.2, 0.25) is 0 Å². The minimum atomic E-state index is 0.196. The minimum absolute atomic E-state index is 0.196. The molecule has 5 heteroatoms. The monoisotopic (exact) mass is 387 g/mol. The fourth-order valence-electron chi connectivity index (χ4n) is 3.66. The van der Waals surface area contributed by atoms with E-state index in [2.05, 4.69) is 17.0 Å². The van der Waals surface area contributed by atoms with Crippen LogP contribution in [0.4, 0.5) is 0 Å². The summed E-state index contributed by atoms with van der Waals surface area (Å²) in [6, 6.07) is 14.0.